The molecule has 1 aliphatic heterocycles. The third-order valence-corrected chi connectivity index (χ3v) is 1.99. The Kier molecular flexibility index (Phi) is 2.10. The monoisotopic (exact) mass is 138 g/mol. The molecule has 0 aliphatic carbocycles. The highest BCUT2D eigenvalue weighted by molar-refractivity contribution is 5.60. The van der Waals surface area contributed by atoms with E-state index in [-0.39, 0.29) is 0 Å². The molecule has 0 aromatic rings. The van der Waals surface area contributed by atoms with Crippen LogP contribution < -0.4 is 5.32 Å². The van der Waals surface area contributed by atoms with Gasteiger partial charge in [0.05, 0.1) is 12.4 Å². The van der Waals surface area contributed by atoms with Crippen molar-refractivity contribution in [3.63, 3.8) is 0 Å². The highest BCUT2D eigenvalue weighted by atomic mass is 15.0. The van der Waals surface area contributed by atoms with E-state index < -0.39 is 0 Å². The molecule has 56 valence electrons. The summed E-state index contributed by atoms with van der Waals surface area (Å²) in [4.78, 5) is 4.22. The standard InChI is InChI=1S/C8H14N2/c1-4-8-6(2)7(3)9-5-10-8/h5,7H,4H2,1-3H3,(H,9,10). The Morgan fingerprint density at radius 2 is 2.40 bits per heavy atom. The zero-order valence-electron chi connectivity index (χ0n) is 6.81. The van der Waals surface area contributed by atoms with E-state index in [1.807, 2.05) is 0 Å². The number of allylic oxidation sites excluding steroid dienone is 1. The average molecular weight is 138 g/mol. The molecule has 0 aromatic carbocycles. The Labute approximate surface area is 62.0 Å². The van der Waals surface area contributed by atoms with Crippen LogP contribution in [0.3, 0.4) is 0 Å². The minimum Gasteiger partial charge on any atom is -0.350 e. The number of nitrogens with zero attached hydrogens (tertiary/aromatic N) is 1. The van der Waals surface area contributed by atoms with Gasteiger partial charge < -0.3 is 5.32 Å². The normalized spacial score (nSPS) is 24.9. The Morgan fingerprint density at radius 1 is 1.70 bits per heavy atom. The van der Waals surface area contributed by atoms with E-state index in [9.17, 15) is 0 Å². The predicted molar refractivity (Wildman–Crippen MR) is 44.1 cm³/mol. The van der Waals surface area contributed by atoms with Crippen LogP contribution >= 0.6 is 0 Å². The molecule has 1 aliphatic rings. The largest absolute Gasteiger partial charge is 0.350 e. The molecule has 1 rings (SSSR count). The van der Waals surface area contributed by atoms with Crippen LogP contribution in [0.15, 0.2) is 16.3 Å². The van der Waals surface area contributed by atoms with Gasteiger partial charge in [0.2, 0.25) is 0 Å². The quantitative estimate of drug-likeness (QED) is 0.586. The summed E-state index contributed by atoms with van der Waals surface area (Å²) in [5.41, 5.74) is 2.69. The van der Waals surface area contributed by atoms with Crippen molar-refractivity contribution in [1.29, 1.82) is 0 Å². The Balaban J connectivity index is 2.77. The summed E-state index contributed by atoms with van der Waals surface area (Å²) in [5, 5.41) is 3.14. The Hall–Kier alpha value is -0.790. The van der Waals surface area contributed by atoms with Gasteiger partial charge in [0, 0.05) is 5.70 Å². The van der Waals surface area contributed by atoms with E-state index in [1.54, 1.807) is 6.34 Å². The SMILES string of the molecule is CCC1=C(C)C(C)N=CN1. The van der Waals surface area contributed by atoms with Gasteiger partial charge in [-0.25, -0.2) is 0 Å². The van der Waals surface area contributed by atoms with Crippen molar-refractivity contribution in [2.24, 2.45) is 4.99 Å². The van der Waals surface area contributed by atoms with Crippen molar-refractivity contribution < 1.29 is 0 Å². The Bertz CT molecular complexity index is 180. The van der Waals surface area contributed by atoms with Crippen LogP contribution in [0.4, 0.5) is 0 Å². The zero-order valence-corrected chi connectivity index (χ0v) is 6.81. The molecular weight excluding hydrogens is 124 g/mol. The summed E-state index contributed by atoms with van der Waals surface area (Å²) >= 11 is 0. The van der Waals surface area contributed by atoms with E-state index in [1.165, 1.54) is 11.3 Å². The first-order valence-electron chi connectivity index (χ1n) is 3.73. The van der Waals surface area contributed by atoms with Gasteiger partial charge in [-0.3, -0.25) is 4.99 Å². The molecular formula is C8H14N2. The number of hydrogen-bond donors (Lipinski definition) is 1. The van der Waals surface area contributed by atoms with Crippen LogP contribution in [0.2, 0.25) is 0 Å². The van der Waals surface area contributed by atoms with E-state index >= 15 is 0 Å². The second-order valence-corrected chi connectivity index (χ2v) is 2.61. The first-order valence-corrected chi connectivity index (χ1v) is 3.73. The third kappa shape index (κ3) is 1.20. The van der Waals surface area contributed by atoms with Gasteiger partial charge in [0.1, 0.15) is 0 Å². The maximum atomic E-state index is 4.22. The van der Waals surface area contributed by atoms with Crippen molar-refractivity contribution >= 4 is 6.34 Å². The molecule has 0 saturated heterocycles. The van der Waals surface area contributed by atoms with Gasteiger partial charge in [0.15, 0.2) is 0 Å². The average Bonchev–Trinajstić information content (AvgIpc) is 1.95. The molecule has 0 fully saturated rings. The number of nitrogens with one attached hydrogen (secondary N) is 1. The molecule has 1 unspecified atom stereocenters. The molecule has 0 amide bonds. The summed E-state index contributed by atoms with van der Waals surface area (Å²) in [5.74, 6) is 0. The molecule has 0 spiro atoms. The lowest BCUT2D eigenvalue weighted by Gasteiger charge is -2.18. The van der Waals surface area contributed by atoms with Crippen molar-refractivity contribution in [2.45, 2.75) is 33.2 Å². The minimum atomic E-state index is 0.371. The topological polar surface area (TPSA) is 24.4 Å². The number of rotatable bonds is 1. The van der Waals surface area contributed by atoms with Crippen molar-refractivity contribution in [3.05, 3.63) is 11.3 Å². The summed E-state index contributed by atoms with van der Waals surface area (Å²) in [6, 6.07) is 0.371. The summed E-state index contributed by atoms with van der Waals surface area (Å²) < 4.78 is 0. The highest BCUT2D eigenvalue weighted by Gasteiger charge is 2.09. The summed E-state index contributed by atoms with van der Waals surface area (Å²) in [7, 11) is 0. The summed E-state index contributed by atoms with van der Waals surface area (Å²) in [6.45, 7) is 6.40. The molecule has 0 saturated carbocycles. The lowest BCUT2D eigenvalue weighted by atomic mass is 10.1. The van der Waals surface area contributed by atoms with Gasteiger partial charge in [-0.15, -0.1) is 0 Å². The fraction of sp³-hybridized carbons (Fsp3) is 0.625. The maximum Gasteiger partial charge on any atom is 0.0872 e. The molecule has 2 nitrogen and oxygen atoms in total. The van der Waals surface area contributed by atoms with E-state index in [0.29, 0.717) is 6.04 Å². The molecule has 0 bridgehead atoms. The lowest BCUT2D eigenvalue weighted by molar-refractivity contribution is 0.781. The first kappa shape index (κ1) is 7.32. The van der Waals surface area contributed by atoms with Crippen molar-refractivity contribution in [2.75, 3.05) is 0 Å². The van der Waals surface area contributed by atoms with Crippen LogP contribution in [0.5, 0.6) is 0 Å². The molecule has 0 aromatic heterocycles. The summed E-state index contributed by atoms with van der Waals surface area (Å²) in [6.07, 6.45) is 2.86. The molecule has 2 heteroatoms. The van der Waals surface area contributed by atoms with Crippen LogP contribution in [-0.4, -0.2) is 12.4 Å². The van der Waals surface area contributed by atoms with Gasteiger partial charge in [-0.1, -0.05) is 6.92 Å². The van der Waals surface area contributed by atoms with Crippen LogP contribution in [0.25, 0.3) is 0 Å². The third-order valence-electron chi connectivity index (χ3n) is 1.99. The zero-order chi connectivity index (χ0) is 7.56. The van der Waals surface area contributed by atoms with Crippen molar-refractivity contribution in [3.8, 4) is 0 Å². The fourth-order valence-corrected chi connectivity index (χ4v) is 1.09. The maximum absolute atomic E-state index is 4.22. The molecule has 0 radical (unpaired) electrons. The molecule has 1 N–H and O–H groups in total. The van der Waals surface area contributed by atoms with E-state index in [0.717, 1.165) is 6.42 Å². The molecule has 1 atom stereocenters. The highest BCUT2D eigenvalue weighted by Crippen LogP contribution is 2.14. The fourth-order valence-electron chi connectivity index (χ4n) is 1.09. The minimum absolute atomic E-state index is 0.371. The number of aliphatic imine (C=N–C) groups is 1. The Morgan fingerprint density at radius 3 is 2.90 bits per heavy atom. The van der Waals surface area contributed by atoms with Crippen LogP contribution in [-0.2, 0) is 0 Å². The van der Waals surface area contributed by atoms with Crippen LogP contribution in [0.1, 0.15) is 27.2 Å². The molecule has 10 heavy (non-hydrogen) atoms. The second kappa shape index (κ2) is 2.86. The van der Waals surface area contributed by atoms with E-state index in [2.05, 4.69) is 31.1 Å². The van der Waals surface area contributed by atoms with Gasteiger partial charge in [0.25, 0.3) is 0 Å². The van der Waals surface area contributed by atoms with Gasteiger partial charge >= 0.3 is 0 Å². The predicted octanol–water partition coefficient (Wildman–Crippen LogP) is 1.69. The van der Waals surface area contributed by atoms with Gasteiger partial charge in [-0.2, -0.15) is 0 Å². The second-order valence-electron chi connectivity index (χ2n) is 2.61. The van der Waals surface area contributed by atoms with Crippen LogP contribution in [0, 0.1) is 0 Å². The number of hydrogen-bond acceptors (Lipinski definition) is 2. The van der Waals surface area contributed by atoms with Gasteiger partial charge in [-0.05, 0) is 25.8 Å². The lowest BCUT2D eigenvalue weighted by Crippen LogP contribution is -2.21. The first-order chi connectivity index (χ1) is 4.75. The smallest absolute Gasteiger partial charge is 0.0872 e. The van der Waals surface area contributed by atoms with E-state index in [4.69, 9.17) is 0 Å². The molecule has 1 heterocycles. The van der Waals surface area contributed by atoms with Crippen molar-refractivity contribution in [1.82, 2.24) is 5.32 Å².